The average molecular weight is 306 g/mol. The molecular formula is C16H22N2O2S. The third-order valence-corrected chi connectivity index (χ3v) is 5.42. The zero-order valence-corrected chi connectivity index (χ0v) is 13.0. The lowest BCUT2D eigenvalue weighted by Gasteiger charge is -2.26. The summed E-state index contributed by atoms with van der Waals surface area (Å²) >= 11 is 0. The van der Waals surface area contributed by atoms with Gasteiger partial charge in [-0.05, 0) is 30.7 Å². The SMILES string of the molecule is N#CC(NS(=O)(=O)CCc1ccccc1)C1CCCCC1. The number of sulfonamides is 1. The highest BCUT2D eigenvalue weighted by Crippen LogP contribution is 2.26. The second-order valence-electron chi connectivity index (χ2n) is 5.68. The molecule has 1 aromatic carbocycles. The molecule has 0 heterocycles. The minimum Gasteiger partial charge on any atom is -0.212 e. The number of nitrogens with one attached hydrogen (secondary N) is 1. The molecule has 0 amide bonds. The van der Waals surface area contributed by atoms with Crippen LogP contribution in [0.5, 0.6) is 0 Å². The van der Waals surface area contributed by atoms with E-state index in [2.05, 4.69) is 10.8 Å². The Balaban J connectivity index is 1.91. The zero-order valence-electron chi connectivity index (χ0n) is 12.2. The fraction of sp³-hybridized carbons (Fsp3) is 0.562. The van der Waals surface area contributed by atoms with Crippen molar-refractivity contribution < 1.29 is 8.42 Å². The van der Waals surface area contributed by atoms with Crippen LogP contribution in [0.1, 0.15) is 37.7 Å². The molecule has 1 unspecified atom stereocenters. The maximum Gasteiger partial charge on any atom is 0.213 e. The Morgan fingerprint density at radius 2 is 1.86 bits per heavy atom. The number of hydrogen-bond donors (Lipinski definition) is 1. The van der Waals surface area contributed by atoms with Crippen molar-refractivity contribution in [2.45, 2.75) is 44.6 Å². The molecule has 1 saturated carbocycles. The molecule has 1 aromatic rings. The van der Waals surface area contributed by atoms with Gasteiger partial charge in [-0.15, -0.1) is 0 Å². The van der Waals surface area contributed by atoms with Gasteiger partial charge in [0.25, 0.3) is 0 Å². The predicted molar refractivity (Wildman–Crippen MR) is 83.0 cm³/mol. The Labute approximate surface area is 127 Å². The van der Waals surface area contributed by atoms with Crippen molar-refractivity contribution in [1.29, 1.82) is 5.26 Å². The maximum atomic E-state index is 12.2. The van der Waals surface area contributed by atoms with Gasteiger partial charge < -0.3 is 0 Å². The van der Waals surface area contributed by atoms with E-state index in [0.29, 0.717) is 6.42 Å². The van der Waals surface area contributed by atoms with Crippen LogP contribution in [0.15, 0.2) is 30.3 Å². The van der Waals surface area contributed by atoms with E-state index in [9.17, 15) is 13.7 Å². The van der Waals surface area contributed by atoms with E-state index in [4.69, 9.17) is 0 Å². The molecule has 1 atom stereocenters. The number of hydrogen-bond acceptors (Lipinski definition) is 3. The van der Waals surface area contributed by atoms with Crippen LogP contribution in [0.3, 0.4) is 0 Å². The van der Waals surface area contributed by atoms with Gasteiger partial charge >= 0.3 is 0 Å². The van der Waals surface area contributed by atoms with Crippen molar-refractivity contribution in [3.63, 3.8) is 0 Å². The minimum atomic E-state index is -3.41. The molecule has 21 heavy (non-hydrogen) atoms. The van der Waals surface area contributed by atoms with E-state index in [1.807, 2.05) is 30.3 Å². The van der Waals surface area contributed by atoms with Crippen LogP contribution in [0.2, 0.25) is 0 Å². The standard InChI is InChI=1S/C16H22N2O2S/c17-13-16(15-9-5-2-6-10-15)18-21(19,20)12-11-14-7-3-1-4-8-14/h1,3-4,7-8,15-16,18H,2,5-6,9-12H2. The summed E-state index contributed by atoms with van der Waals surface area (Å²) in [5, 5.41) is 9.25. The Morgan fingerprint density at radius 3 is 2.48 bits per heavy atom. The number of nitriles is 1. The molecule has 0 spiro atoms. The van der Waals surface area contributed by atoms with E-state index < -0.39 is 16.1 Å². The molecule has 0 aromatic heterocycles. The van der Waals surface area contributed by atoms with Crippen LogP contribution in [-0.2, 0) is 16.4 Å². The van der Waals surface area contributed by atoms with Crippen molar-refractivity contribution in [3.05, 3.63) is 35.9 Å². The first-order valence-electron chi connectivity index (χ1n) is 7.54. The van der Waals surface area contributed by atoms with Gasteiger partial charge in [0.2, 0.25) is 10.0 Å². The average Bonchev–Trinajstić information content (AvgIpc) is 2.53. The van der Waals surface area contributed by atoms with Gasteiger partial charge in [0.05, 0.1) is 11.8 Å². The third kappa shape index (κ3) is 5.14. The summed E-state index contributed by atoms with van der Waals surface area (Å²) in [5.41, 5.74) is 0.994. The normalized spacial score (nSPS) is 18.0. The summed E-state index contributed by atoms with van der Waals surface area (Å²) in [6.45, 7) is 0. The smallest absolute Gasteiger partial charge is 0.212 e. The van der Waals surface area contributed by atoms with Gasteiger partial charge in [-0.2, -0.15) is 9.98 Å². The van der Waals surface area contributed by atoms with E-state index >= 15 is 0 Å². The molecule has 0 aliphatic heterocycles. The highest BCUT2D eigenvalue weighted by atomic mass is 32.2. The van der Waals surface area contributed by atoms with Gasteiger partial charge in [-0.3, -0.25) is 0 Å². The fourth-order valence-electron chi connectivity index (χ4n) is 2.84. The lowest BCUT2D eigenvalue weighted by Crippen LogP contribution is -2.41. The van der Waals surface area contributed by atoms with Gasteiger partial charge in [-0.25, -0.2) is 8.42 Å². The van der Waals surface area contributed by atoms with Crippen LogP contribution in [-0.4, -0.2) is 20.2 Å². The van der Waals surface area contributed by atoms with Crippen LogP contribution in [0.4, 0.5) is 0 Å². The molecule has 1 fully saturated rings. The summed E-state index contributed by atoms with van der Waals surface area (Å²) in [7, 11) is -3.41. The van der Waals surface area contributed by atoms with Gasteiger partial charge in [0.15, 0.2) is 0 Å². The quantitative estimate of drug-likeness (QED) is 0.878. The first-order valence-corrected chi connectivity index (χ1v) is 9.19. The zero-order chi connectivity index (χ0) is 15.1. The Hall–Kier alpha value is -1.38. The Bertz CT molecular complexity index is 572. The lowest BCUT2D eigenvalue weighted by molar-refractivity contribution is 0.324. The number of rotatable bonds is 6. The first kappa shape index (κ1) is 16.0. The van der Waals surface area contributed by atoms with Crippen LogP contribution >= 0.6 is 0 Å². The van der Waals surface area contributed by atoms with Crippen LogP contribution in [0, 0.1) is 17.2 Å². The molecular weight excluding hydrogens is 284 g/mol. The maximum absolute atomic E-state index is 12.2. The van der Waals surface area contributed by atoms with Crippen molar-refractivity contribution in [2.75, 3.05) is 5.75 Å². The van der Waals surface area contributed by atoms with Crippen molar-refractivity contribution in [1.82, 2.24) is 4.72 Å². The highest BCUT2D eigenvalue weighted by Gasteiger charge is 2.27. The molecule has 1 N–H and O–H groups in total. The van der Waals surface area contributed by atoms with Gasteiger partial charge in [0, 0.05) is 0 Å². The van der Waals surface area contributed by atoms with E-state index in [0.717, 1.165) is 31.2 Å². The topological polar surface area (TPSA) is 70.0 Å². The van der Waals surface area contributed by atoms with E-state index in [-0.39, 0.29) is 11.7 Å². The second-order valence-corrected chi connectivity index (χ2v) is 7.55. The molecule has 2 rings (SSSR count). The first-order chi connectivity index (χ1) is 10.1. The number of aryl methyl sites for hydroxylation is 1. The number of benzene rings is 1. The molecule has 0 bridgehead atoms. The Kier molecular flexibility index (Phi) is 5.77. The van der Waals surface area contributed by atoms with Crippen LogP contribution < -0.4 is 4.72 Å². The monoisotopic (exact) mass is 306 g/mol. The Morgan fingerprint density at radius 1 is 1.19 bits per heavy atom. The van der Waals surface area contributed by atoms with Gasteiger partial charge in [-0.1, -0.05) is 49.6 Å². The fourth-order valence-corrected chi connectivity index (χ4v) is 4.10. The van der Waals surface area contributed by atoms with Gasteiger partial charge in [0.1, 0.15) is 6.04 Å². The van der Waals surface area contributed by atoms with E-state index in [1.54, 1.807) is 0 Å². The molecule has 114 valence electrons. The summed E-state index contributed by atoms with van der Waals surface area (Å²) < 4.78 is 26.9. The molecule has 1 aliphatic rings. The molecule has 0 saturated heterocycles. The summed E-state index contributed by atoms with van der Waals surface area (Å²) in [6.07, 6.45) is 5.73. The van der Waals surface area contributed by atoms with Crippen molar-refractivity contribution in [3.8, 4) is 6.07 Å². The summed E-state index contributed by atoms with van der Waals surface area (Å²) in [4.78, 5) is 0. The molecule has 5 heteroatoms. The highest BCUT2D eigenvalue weighted by molar-refractivity contribution is 7.89. The molecule has 0 radical (unpaired) electrons. The molecule has 1 aliphatic carbocycles. The number of nitrogens with zero attached hydrogens (tertiary/aromatic N) is 1. The molecule has 4 nitrogen and oxygen atoms in total. The largest absolute Gasteiger partial charge is 0.213 e. The predicted octanol–water partition coefficient (Wildman–Crippen LogP) is 2.62. The third-order valence-electron chi connectivity index (χ3n) is 4.07. The summed E-state index contributed by atoms with van der Waals surface area (Å²) in [5.74, 6) is 0.192. The van der Waals surface area contributed by atoms with Crippen molar-refractivity contribution in [2.24, 2.45) is 5.92 Å². The van der Waals surface area contributed by atoms with Crippen molar-refractivity contribution >= 4 is 10.0 Å². The summed E-state index contributed by atoms with van der Waals surface area (Å²) in [6, 6.07) is 11.1. The second kappa shape index (κ2) is 7.58. The lowest BCUT2D eigenvalue weighted by atomic mass is 9.85. The van der Waals surface area contributed by atoms with Crippen LogP contribution in [0.25, 0.3) is 0 Å². The minimum absolute atomic E-state index is 0.0297. The van der Waals surface area contributed by atoms with E-state index in [1.165, 1.54) is 6.42 Å².